The third-order valence-electron chi connectivity index (χ3n) is 1.99. The monoisotopic (exact) mass is 220 g/mol. The molecule has 2 rings (SSSR count). The number of nitrogens with two attached hydrogens (primary N) is 1. The predicted octanol–water partition coefficient (Wildman–Crippen LogP) is 1.28. The summed E-state index contributed by atoms with van der Waals surface area (Å²) in [5.41, 5.74) is 6.13. The molecule has 0 atom stereocenters. The molecule has 1 aromatic carbocycles. The lowest BCUT2D eigenvalue weighted by molar-refractivity contribution is 0.416. The fraction of sp³-hybridized carbons (Fsp3) is 0.200. The topological polar surface area (TPSA) is 86.2 Å². The molecular formula is C10H12N4O2. The van der Waals surface area contributed by atoms with Crippen LogP contribution in [-0.4, -0.2) is 17.3 Å². The Hall–Kier alpha value is -2.08. The van der Waals surface area contributed by atoms with Crippen LogP contribution in [0.15, 0.2) is 28.7 Å². The molecule has 0 aliphatic rings. The van der Waals surface area contributed by atoms with E-state index in [0.717, 1.165) is 5.69 Å². The van der Waals surface area contributed by atoms with Crippen LogP contribution in [0.3, 0.4) is 0 Å². The standard InChI is InChI=1S/C10H12N4O2/c1-15-8-5-3-2-4-7(8)12-10-14-13-9(6-11)16-10/h2-5H,6,11H2,1H3,(H,12,14). The first-order valence-corrected chi connectivity index (χ1v) is 4.76. The number of ether oxygens (including phenoxy) is 1. The summed E-state index contributed by atoms with van der Waals surface area (Å²) in [4.78, 5) is 0. The maximum atomic E-state index is 5.36. The van der Waals surface area contributed by atoms with Crippen molar-refractivity contribution in [3.05, 3.63) is 30.2 Å². The maximum Gasteiger partial charge on any atom is 0.320 e. The molecule has 16 heavy (non-hydrogen) atoms. The summed E-state index contributed by atoms with van der Waals surface area (Å²) in [6.45, 7) is 0.223. The van der Waals surface area contributed by atoms with Gasteiger partial charge in [-0.05, 0) is 12.1 Å². The van der Waals surface area contributed by atoms with Gasteiger partial charge < -0.3 is 20.2 Å². The van der Waals surface area contributed by atoms with Gasteiger partial charge in [0.05, 0.1) is 19.3 Å². The zero-order valence-corrected chi connectivity index (χ0v) is 8.80. The smallest absolute Gasteiger partial charge is 0.320 e. The van der Waals surface area contributed by atoms with E-state index in [4.69, 9.17) is 14.9 Å². The number of nitrogens with one attached hydrogen (secondary N) is 1. The second kappa shape index (κ2) is 4.63. The van der Waals surface area contributed by atoms with Crippen molar-refractivity contribution < 1.29 is 9.15 Å². The van der Waals surface area contributed by atoms with Crippen molar-refractivity contribution in [1.29, 1.82) is 0 Å². The first kappa shape index (κ1) is 10.4. The highest BCUT2D eigenvalue weighted by atomic mass is 16.5. The summed E-state index contributed by atoms with van der Waals surface area (Å²) in [5, 5.41) is 10.5. The zero-order chi connectivity index (χ0) is 11.4. The Labute approximate surface area is 92.4 Å². The van der Waals surface area contributed by atoms with Gasteiger partial charge in [-0.3, -0.25) is 0 Å². The van der Waals surface area contributed by atoms with E-state index in [-0.39, 0.29) is 6.54 Å². The van der Waals surface area contributed by atoms with Gasteiger partial charge in [-0.25, -0.2) is 0 Å². The van der Waals surface area contributed by atoms with Crippen LogP contribution in [0.5, 0.6) is 5.75 Å². The molecular weight excluding hydrogens is 208 g/mol. The number of para-hydroxylation sites is 2. The van der Waals surface area contributed by atoms with E-state index in [2.05, 4.69) is 15.5 Å². The molecule has 0 bridgehead atoms. The zero-order valence-electron chi connectivity index (χ0n) is 8.80. The number of anilines is 2. The molecule has 1 aromatic heterocycles. The quantitative estimate of drug-likeness (QED) is 0.807. The largest absolute Gasteiger partial charge is 0.495 e. The van der Waals surface area contributed by atoms with Gasteiger partial charge in [0.15, 0.2) is 0 Å². The van der Waals surface area contributed by atoms with E-state index in [9.17, 15) is 0 Å². The van der Waals surface area contributed by atoms with E-state index in [0.29, 0.717) is 17.7 Å². The first-order chi connectivity index (χ1) is 7.83. The van der Waals surface area contributed by atoms with Crippen LogP contribution in [0.2, 0.25) is 0 Å². The fourth-order valence-corrected chi connectivity index (χ4v) is 1.25. The minimum atomic E-state index is 0.223. The van der Waals surface area contributed by atoms with Crippen LogP contribution in [-0.2, 0) is 6.54 Å². The Bertz CT molecular complexity index is 469. The average Bonchev–Trinajstić information content (AvgIpc) is 2.77. The number of benzene rings is 1. The molecule has 1 heterocycles. The van der Waals surface area contributed by atoms with E-state index in [1.807, 2.05) is 24.3 Å². The lowest BCUT2D eigenvalue weighted by atomic mass is 10.3. The van der Waals surface area contributed by atoms with E-state index < -0.39 is 0 Å². The van der Waals surface area contributed by atoms with Gasteiger partial charge in [-0.2, -0.15) is 0 Å². The second-order valence-electron chi connectivity index (χ2n) is 3.03. The summed E-state index contributed by atoms with van der Waals surface area (Å²) in [5.74, 6) is 1.09. The number of nitrogens with zero attached hydrogens (tertiary/aromatic N) is 2. The molecule has 6 heteroatoms. The summed E-state index contributed by atoms with van der Waals surface area (Å²) >= 11 is 0. The lowest BCUT2D eigenvalue weighted by Crippen LogP contribution is -1.95. The van der Waals surface area contributed by atoms with Gasteiger partial charge in [0, 0.05) is 0 Å². The van der Waals surface area contributed by atoms with Crippen molar-refractivity contribution in [3.63, 3.8) is 0 Å². The van der Waals surface area contributed by atoms with Crippen molar-refractivity contribution in [1.82, 2.24) is 10.2 Å². The van der Waals surface area contributed by atoms with Crippen molar-refractivity contribution in [3.8, 4) is 5.75 Å². The Morgan fingerprint density at radius 2 is 2.19 bits per heavy atom. The van der Waals surface area contributed by atoms with Crippen molar-refractivity contribution in [2.45, 2.75) is 6.54 Å². The fourth-order valence-electron chi connectivity index (χ4n) is 1.25. The molecule has 0 saturated heterocycles. The number of methoxy groups -OCH3 is 1. The van der Waals surface area contributed by atoms with E-state index in [1.165, 1.54) is 0 Å². The molecule has 0 fully saturated rings. The molecule has 6 nitrogen and oxygen atoms in total. The van der Waals surface area contributed by atoms with E-state index in [1.54, 1.807) is 7.11 Å². The van der Waals surface area contributed by atoms with Crippen LogP contribution in [0, 0.1) is 0 Å². The maximum absolute atomic E-state index is 5.36. The highest BCUT2D eigenvalue weighted by Crippen LogP contribution is 2.26. The highest BCUT2D eigenvalue weighted by molar-refractivity contribution is 5.61. The molecule has 0 amide bonds. The SMILES string of the molecule is COc1ccccc1Nc1nnc(CN)o1. The van der Waals surface area contributed by atoms with Crippen LogP contribution >= 0.6 is 0 Å². The molecule has 0 saturated carbocycles. The normalized spacial score (nSPS) is 10.1. The summed E-state index contributed by atoms with van der Waals surface area (Å²) in [6.07, 6.45) is 0. The number of hydrogen-bond acceptors (Lipinski definition) is 6. The highest BCUT2D eigenvalue weighted by Gasteiger charge is 2.07. The number of aromatic nitrogens is 2. The van der Waals surface area contributed by atoms with Crippen molar-refractivity contribution in [2.75, 3.05) is 12.4 Å². The lowest BCUT2D eigenvalue weighted by Gasteiger charge is -2.06. The molecule has 0 spiro atoms. The van der Waals surface area contributed by atoms with Crippen LogP contribution in [0.25, 0.3) is 0 Å². The summed E-state index contributed by atoms with van der Waals surface area (Å²) < 4.78 is 10.4. The van der Waals surface area contributed by atoms with Crippen LogP contribution in [0.1, 0.15) is 5.89 Å². The molecule has 2 aromatic rings. The van der Waals surface area contributed by atoms with Gasteiger partial charge >= 0.3 is 6.01 Å². The molecule has 0 aliphatic heterocycles. The molecule has 0 unspecified atom stereocenters. The van der Waals surface area contributed by atoms with Crippen LogP contribution in [0.4, 0.5) is 11.7 Å². The summed E-state index contributed by atoms with van der Waals surface area (Å²) in [6, 6.07) is 7.74. The number of rotatable bonds is 4. The first-order valence-electron chi connectivity index (χ1n) is 4.76. The van der Waals surface area contributed by atoms with Gasteiger partial charge in [0.25, 0.3) is 0 Å². The predicted molar refractivity (Wildman–Crippen MR) is 58.5 cm³/mol. The van der Waals surface area contributed by atoms with Gasteiger partial charge in [0.1, 0.15) is 5.75 Å². The second-order valence-corrected chi connectivity index (χ2v) is 3.03. The third kappa shape index (κ3) is 2.12. The van der Waals surface area contributed by atoms with Gasteiger partial charge in [0.2, 0.25) is 5.89 Å². The Morgan fingerprint density at radius 1 is 1.38 bits per heavy atom. The minimum Gasteiger partial charge on any atom is -0.495 e. The summed E-state index contributed by atoms with van der Waals surface area (Å²) in [7, 11) is 1.60. The Morgan fingerprint density at radius 3 is 2.88 bits per heavy atom. The van der Waals surface area contributed by atoms with Crippen molar-refractivity contribution in [2.24, 2.45) is 5.73 Å². The Kier molecular flexibility index (Phi) is 3.02. The van der Waals surface area contributed by atoms with Gasteiger partial charge in [-0.1, -0.05) is 17.2 Å². The molecule has 0 aliphatic carbocycles. The van der Waals surface area contributed by atoms with E-state index >= 15 is 0 Å². The number of hydrogen-bond donors (Lipinski definition) is 2. The van der Waals surface area contributed by atoms with Crippen molar-refractivity contribution >= 4 is 11.7 Å². The third-order valence-corrected chi connectivity index (χ3v) is 1.99. The molecule has 0 radical (unpaired) electrons. The Balaban J connectivity index is 2.19. The van der Waals surface area contributed by atoms with Gasteiger partial charge in [-0.15, -0.1) is 5.10 Å². The molecule has 3 N–H and O–H groups in total. The average molecular weight is 220 g/mol. The van der Waals surface area contributed by atoms with Crippen LogP contribution < -0.4 is 15.8 Å². The molecule has 84 valence electrons. The minimum absolute atomic E-state index is 0.223.